The number of nitrogens with two attached hydrogens (primary N) is 1. The third-order valence-corrected chi connectivity index (χ3v) is 5.91. The predicted molar refractivity (Wildman–Crippen MR) is 87.6 cm³/mol. The normalized spacial score (nSPS) is 23.6. The topological polar surface area (TPSA) is 58.4 Å². The van der Waals surface area contributed by atoms with Gasteiger partial charge in [-0.15, -0.1) is 0 Å². The van der Waals surface area contributed by atoms with E-state index in [-0.39, 0.29) is 5.91 Å². The van der Waals surface area contributed by atoms with Gasteiger partial charge in [0.05, 0.1) is 0 Å². The number of benzene rings is 1. The largest absolute Gasteiger partial charge is 0.294 e. The van der Waals surface area contributed by atoms with Gasteiger partial charge in [-0.25, -0.2) is 5.84 Å². The maximum atomic E-state index is 11.5. The molecule has 3 N–H and O–H groups in total. The van der Waals surface area contributed by atoms with Crippen LogP contribution in [0.1, 0.15) is 29.8 Å². The molecule has 0 aromatic heterocycles. The maximum Gasteiger partial charge on any atom is 0.265 e. The van der Waals surface area contributed by atoms with Crippen LogP contribution in [-0.4, -0.2) is 34.4 Å². The summed E-state index contributed by atoms with van der Waals surface area (Å²) in [6.07, 6.45) is 0. The van der Waals surface area contributed by atoms with Gasteiger partial charge in [-0.2, -0.15) is 11.8 Å². The second kappa shape index (κ2) is 6.93. The Bertz CT molecular complexity index is 497. The van der Waals surface area contributed by atoms with E-state index >= 15 is 0 Å². The fourth-order valence-electron chi connectivity index (χ4n) is 2.34. The lowest BCUT2D eigenvalue weighted by molar-refractivity contribution is 0.0953. The molecule has 1 aliphatic heterocycles. The van der Waals surface area contributed by atoms with Gasteiger partial charge in [-0.05, 0) is 24.6 Å². The molecular weight excluding hydrogens is 338 g/mol. The molecular formula is C14H20BrN3OS. The third kappa shape index (κ3) is 3.55. The van der Waals surface area contributed by atoms with E-state index in [1.165, 1.54) is 11.3 Å². The van der Waals surface area contributed by atoms with E-state index in [9.17, 15) is 4.79 Å². The summed E-state index contributed by atoms with van der Waals surface area (Å²) < 4.78 is 0.955. The first-order valence-electron chi connectivity index (χ1n) is 6.68. The minimum Gasteiger partial charge on any atom is -0.294 e. The SMILES string of the molecule is CC1SCCN(Cc2ccc(C(=O)NN)cc2Br)C1C. The van der Waals surface area contributed by atoms with Crippen LogP contribution < -0.4 is 11.3 Å². The number of hydrogen-bond donors (Lipinski definition) is 2. The van der Waals surface area contributed by atoms with Crippen molar-refractivity contribution >= 4 is 33.6 Å². The van der Waals surface area contributed by atoms with Gasteiger partial charge in [-0.1, -0.05) is 28.9 Å². The predicted octanol–water partition coefficient (Wildman–Crippen LogP) is 2.38. The van der Waals surface area contributed by atoms with Crippen molar-refractivity contribution in [3.8, 4) is 0 Å². The fourth-order valence-corrected chi connectivity index (χ4v) is 4.00. The summed E-state index contributed by atoms with van der Waals surface area (Å²) in [7, 11) is 0. The highest BCUT2D eigenvalue weighted by atomic mass is 79.9. The van der Waals surface area contributed by atoms with Gasteiger partial charge in [0.15, 0.2) is 0 Å². The average molecular weight is 358 g/mol. The van der Waals surface area contributed by atoms with Crippen LogP contribution in [0.4, 0.5) is 0 Å². The van der Waals surface area contributed by atoms with Crippen LogP contribution in [0.15, 0.2) is 22.7 Å². The van der Waals surface area contributed by atoms with Crippen LogP contribution in [-0.2, 0) is 6.54 Å². The molecule has 20 heavy (non-hydrogen) atoms. The molecule has 1 fully saturated rings. The minimum atomic E-state index is -0.270. The number of thioether (sulfide) groups is 1. The number of nitrogens with zero attached hydrogens (tertiary/aromatic N) is 1. The summed E-state index contributed by atoms with van der Waals surface area (Å²) in [5, 5.41) is 0.657. The highest BCUT2D eigenvalue weighted by molar-refractivity contribution is 9.10. The number of amides is 1. The van der Waals surface area contributed by atoms with Gasteiger partial charge >= 0.3 is 0 Å². The highest BCUT2D eigenvalue weighted by Crippen LogP contribution is 2.27. The van der Waals surface area contributed by atoms with E-state index in [2.05, 4.69) is 40.1 Å². The molecule has 2 atom stereocenters. The number of carbonyl (C=O) groups excluding carboxylic acids is 1. The van der Waals surface area contributed by atoms with Gasteiger partial charge in [0.1, 0.15) is 0 Å². The Kier molecular flexibility index (Phi) is 5.49. The molecule has 1 saturated heterocycles. The minimum absolute atomic E-state index is 0.270. The van der Waals surface area contributed by atoms with Gasteiger partial charge in [0.25, 0.3) is 5.91 Å². The number of hydrazine groups is 1. The van der Waals surface area contributed by atoms with Crippen molar-refractivity contribution in [3.05, 3.63) is 33.8 Å². The second-order valence-corrected chi connectivity index (χ2v) is 7.41. The van der Waals surface area contributed by atoms with E-state index in [1.54, 1.807) is 0 Å². The molecule has 4 nitrogen and oxygen atoms in total. The highest BCUT2D eigenvalue weighted by Gasteiger charge is 2.25. The molecule has 0 aliphatic carbocycles. The molecule has 1 amide bonds. The Morgan fingerprint density at radius 1 is 1.55 bits per heavy atom. The lowest BCUT2D eigenvalue weighted by Gasteiger charge is -2.37. The Morgan fingerprint density at radius 2 is 2.30 bits per heavy atom. The summed E-state index contributed by atoms with van der Waals surface area (Å²) in [5.41, 5.74) is 3.92. The quantitative estimate of drug-likeness (QED) is 0.495. The lowest BCUT2D eigenvalue weighted by Crippen LogP contribution is -2.44. The molecule has 1 aromatic rings. The first-order valence-corrected chi connectivity index (χ1v) is 8.52. The number of rotatable bonds is 3. The molecule has 0 saturated carbocycles. The smallest absolute Gasteiger partial charge is 0.265 e. The zero-order valence-corrected chi connectivity index (χ0v) is 14.1. The third-order valence-electron chi connectivity index (χ3n) is 3.83. The molecule has 0 bridgehead atoms. The first kappa shape index (κ1) is 15.8. The van der Waals surface area contributed by atoms with E-state index in [0.29, 0.717) is 16.9 Å². The van der Waals surface area contributed by atoms with Crippen molar-refractivity contribution in [3.63, 3.8) is 0 Å². The van der Waals surface area contributed by atoms with Gasteiger partial charge < -0.3 is 0 Å². The Morgan fingerprint density at radius 3 is 2.95 bits per heavy atom. The van der Waals surface area contributed by atoms with Crippen LogP contribution in [0.5, 0.6) is 0 Å². The van der Waals surface area contributed by atoms with Crippen LogP contribution in [0.2, 0.25) is 0 Å². The summed E-state index contributed by atoms with van der Waals surface area (Å²) in [6.45, 7) is 6.57. The van der Waals surface area contributed by atoms with E-state index in [1.807, 2.05) is 30.0 Å². The van der Waals surface area contributed by atoms with Gasteiger partial charge in [-0.3, -0.25) is 15.1 Å². The van der Waals surface area contributed by atoms with Crippen LogP contribution >= 0.6 is 27.7 Å². The van der Waals surface area contributed by atoms with Crippen molar-refractivity contribution in [1.29, 1.82) is 0 Å². The molecule has 2 unspecified atom stereocenters. The van der Waals surface area contributed by atoms with Crippen molar-refractivity contribution in [2.24, 2.45) is 5.84 Å². The zero-order valence-electron chi connectivity index (χ0n) is 11.7. The van der Waals surface area contributed by atoms with Crippen molar-refractivity contribution < 1.29 is 4.79 Å². The van der Waals surface area contributed by atoms with Crippen molar-refractivity contribution in [1.82, 2.24) is 10.3 Å². The van der Waals surface area contributed by atoms with Crippen molar-refractivity contribution in [2.75, 3.05) is 12.3 Å². The summed E-state index contributed by atoms with van der Waals surface area (Å²) >= 11 is 5.59. The number of halogens is 1. The van der Waals surface area contributed by atoms with Crippen LogP contribution in [0, 0.1) is 0 Å². The maximum absolute atomic E-state index is 11.5. The fraction of sp³-hybridized carbons (Fsp3) is 0.500. The molecule has 1 aliphatic rings. The van der Waals surface area contributed by atoms with E-state index < -0.39 is 0 Å². The Hall–Kier alpha value is -0.560. The number of nitrogens with one attached hydrogen (secondary N) is 1. The molecule has 1 heterocycles. The van der Waals surface area contributed by atoms with Crippen molar-refractivity contribution in [2.45, 2.75) is 31.7 Å². The number of nitrogen functional groups attached to an aromatic ring is 1. The monoisotopic (exact) mass is 357 g/mol. The van der Waals surface area contributed by atoms with Gasteiger partial charge in [0.2, 0.25) is 0 Å². The Balaban J connectivity index is 2.11. The molecule has 110 valence electrons. The van der Waals surface area contributed by atoms with Gasteiger partial charge in [0, 0.05) is 40.2 Å². The zero-order chi connectivity index (χ0) is 14.7. The standard InChI is InChI=1S/C14H20BrN3OS/c1-9-10(2)20-6-5-18(9)8-12-4-3-11(7-13(12)15)14(19)17-16/h3-4,7,9-10H,5-6,8,16H2,1-2H3,(H,17,19). The lowest BCUT2D eigenvalue weighted by atomic mass is 10.1. The second-order valence-electron chi connectivity index (χ2n) is 5.07. The number of hydrogen-bond acceptors (Lipinski definition) is 4. The summed E-state index contributed by atoms with van der Waals surface area (Å²) in [5.74, 6) is 6.06. The van der Waals surface area contributed by atoms with Crippen LogP contribution in [0.25, 0.3) is 0 Å². The summed E-state index contributed by atoms with van der Waals surface area (Å²) in [6, 6.07) is 6.19. The Labute approximate surface area is 132 Å². The van der Waals surface area contributed by atoms with Crippen LogP contribution in [0.3, 0.4) is 0 Å². The molecule has 0 spiro atoms. The molecule has 0 radical (unpaired) electrons. The molecule has 1 aromatic carbocycles. The number of carbonyl (C=O) groups is 1. The van der Waals surface area contributed by atoms with E-state index in [4.69, 9.17) is 5.84 Å². The van der Waals surface area contributed by atoms with E-state index in [0.717, 1.165) is 17.6 Å². The summed E-state index contributed by atoms with van der Waals surface area (Å²) in [4.78, 5) is 14.0. The molecule has 2 rings (SSSR count). The molecule has 6 heteroatoms. The first-order chi connectivity index (χ1) is 9.52. The average Bonchev–Trinajstić information content (AvgIpc) is 2.45.